The minimum atomic E-state index is -0.776. The Hall–Kier alpha value is -1.90. The number of hydrazone groups is 1. The summed E-state index contributed by atoms with van der Waals surface area (Å²) in [6.07, 6.45) is -0.776. The van der Waals surface area contributed by atoms with Gasteiger partial charge in [0.05, 0.1) is 17.1 Å². The van der Waals surface area contributed by atoms with Gasteiger partial charge in [0, 0.05) is 28.5 Å². The van der Waals surface area contributed by atoms with E-state index >= 15 is 0 Å². The maximum absolute atomic E-state index is 12.4. The van der Waals surface area contributed by atoms with Crippen LogP contribution in [0.4, 0.5) is 5.69 Å². The maximum Gasteiger partial charge on any atom is 0.243 e. The monoisotopic (exact) mass is 541 g/mol. The number of halogens is 3. The number of benzene rings is 2. The largest absolute Gasteiger partial charge is 0.448 e. The summed E-state index contributed by atoms with van der Waals surface area (Å²) in [5, 5.41) is 5.98. The Labute approximate surface area is 190 Å². The van der Waals surface area contributed by atoms with E-state index in [2.05, 4.69) is 37.0 Å². The van der Waals surface area contributed by atoms with Crippen molar-refractivity contribution in [1.82, 2.24) is 5.01 Å². The molecular weight excluding hydrogens is 525 g/mol. The van der Waals surface area contributed by atoms with Crippen molar-refractivity contribution in [3.8, 4) is 0 Å². The highest BCUT2D eigenvalue weighted by Crippen LogP contribution is 2.32. The third-order valence-corrected chi connectivity index (χ3v) is 6.42. The molecule has 2 aromatic rings. The molecular formula is C20H18Br2ClN3O3. The van der Waals surface area contributed by atoms with Crippen molar-refractivity contribution in [3.63, 3.8) is 0 Å². The van der Waals surface area contributed by atoms with Crippen LogP contribution in [-0.4, -0.2) is 35.5 Å². The van der Waals surface area contributed by atoms with Crippen LogP contribution in [0.2, 0.25) is 5.02 Å². The number of amides is 2. The lowest BCUT2D eigenvalue weighted by atomic mass is 10.2. The standard InChI is InChI=1S/C20H18Br2ClN3O3/c1-11-16(21)8-14(9-17(11)22)25(12(2)27)10-19-26(13(3)28)24-20(29-19)15-6-4-5-7-18(15)23/h4-9,19H,10H2,1-3H3/t19-/m1/s1. The van der Waals surface area contributed by atoms with E-state index in [4.69, 9.17) is 16.3 Å². The van der Waals surface area contributed by atoms with Gasteiger partial charge >= 0.3 is 0 Å². The molecule has 3 rings (SSSR count). The summed E-state index contributed by atoms with van der Waals surface area (Å²) in [5.41, 5.74) is 2.27. The van der Waals surface area contributed by atoms with Crippen LogP contribution in [0.25, 0.3) is 0 Å². The summed E-state index contributed by atoms with van der Waals surface area (Å²) in [6, 6.07) is 10.8. The van der Waals surface area contributed by atoms with Crippen molar-refractivity contribution < 1.29 is 14.3 Å². The van der Waals surface area contributed by atoms with E-state index in [0.717, 1.165) is 14.5 Å². The van der Waals surface area contributed by atoms with E-state index in [-0.39, 0.29) is 24.3 Å². The van der Waals surface area contributed by atoms with Gasteiger partial charge in [0.1, 0.15) is 0 Å². The van der Waals surface area contributed by atoms with E-state index in [9.17, 15) is 9.59 Å². The maximum atomic E-state index is 12.4. The molecule has 0 fully saturated rings. The summed E-state index contributed by atoms with van der Waals surface area (Å²) in [4.78, 5) is 26.1. The molecule has 9 heteroatoms. The van der Waals surface area contributed by atoms with Gasteiger partial charge in [0.15, 0.2) is 0 Å². The molecule has 1 aliphatic rings. The fourth-order valence-corrected chi connectivity index (χ4v) is 4.24. The van der Waals surface area contributed by atoms with Crippen LogP contribution in [-0.2, 0) is 14.3 Å². The van der Waals surface area contributed by atoms with Gasteiger partial charge in [0.25, 0.3) is 0 Å². The molecule has 1 heterocycles. The zero-order valence-electron chi connectivity index (χ0n) is 15.9. The third kappa shape index (κ3) is 4.65. The van der Waals surface area contributed by atoms with Gasteiger partial charge in [-0.15, -0.1) is 5.10 Å². The molecule has 0 bridgehead atoms. The number of hydrogen-bond donors (Lipinski definition) is 0. The SMILES string of the molecule is CC(=O)N(C[C@H]1OC(c2ccccc2Cl)=NN1C(C)=O)c1cc(Br)c(C)c(Br)c1. The molecule has 2 aromatic carbocycles. The molecule has 6 nitrogen and oxygen atoms in total. The van der Waals surface area contributed by atoms with Crippen LogP contribution >= 0.6 is 43.5 Å². The number of nitrogens with zero attached hydrogens (tertiary/aromatic N) is 3. The molecule has 1 aliphatic heterocycles. The highest BCUT2D eigenvalue weighted by atomic mass is 79.9. The number of carbonyl (C=O) groups excluding carboxylic acids is 2. The average Bonchev–Trinajstić information content (AvgIpc) is 3.08. The first-order valence-corrected chi connectivity index (χ1v) is 10.7. The van der Waals surface area contributed by atoms with E-state index < -0.39 is 6.23 Å². The van der Waals surface area contributed by atoms with Crippen LogP contribution in [0.5, 0.6) is 0 Å². The van der Waals surface area contributed by atoms with Crippen molar-refractivity contribution in [2.45, 2.75) is 27.0 Å². The number of ether oxygens (including phenoxy) is 1. The van der Waals surface area contributed by atoms with Gasteiger partial charge < -0.3 is 9.64 Å². The van der Waals surface area contributed by atoms with Gasteiger partial charge in [-0.2, -0.15) is 5.01 Å². The lowest BCUT2D eigenvalue weighted by molar-refractivity contribution is -0.135. The highest BCUT2D eigenvalue weighted by molar-refractivity contribution is 9.11. The van der Waals surface area contributed by atoms with E-state index in [1.807, 2.05) is 25.1 Å². The van der Waals surface area contributed by atoms with E-state index in [0.29, 0.717) is 16.3 Å². The van der Waals surface area contributed by atoms with Crippen LogP contribution in [0.15, 0.2) is 50.4 Å². The molecule has 0 N–H and O–H groups in total. The predicted octanol–water partition coefficient (Wildman–Crippen LogP) is 5.09. The minimum Gasteiger partial charge on any atom is -0.448 e. The first-order chi connectivity index (χ1) is 13.7. The van der Waals surface area contributed by atoms with Crippen molar-refractivity contribution in [1.29, 1.82) is 0 Å². The van der Waals surface area contributed by atoms with Crippen molar-refractivity contribution in [3.05, 3.63) is 61.5 Å². The molecule has 0 aliphatic carbocycles. The Bertz CT molecular complexity index is 989. The Balaban J connectivity index is 1.91. The van der Waals surface area contributed by atoms with E-state index in [1.54, 1.807) is 23.1 Å². The molecule has 29 heavy (non-hydrogen) atoms. The lowest BCUT2D eigenvalue weighted by Crippen LogP contribution is -2.44. The molecule has 0 saturated heterocycles. The quantitative estimate of drug-likeness (QED) is 0.540. The van der Waals surface area contributed by atoms with E-state index in [1.165, 1.54) is 18.9 Å². The molecule has 0 saturated carbocycles. The average molecular weight is 544 g/mol. The molecule has 152 valence electrons. The van der Waals surface area contributed by atoms with Gasteiger partial charge in [0.2, 0.25) is 23.9 Å². The second kappa shape index (κ2) is 8.85. The van der Waals surface area contributed by atoms with Crippen molar-refractivity contribution >= 4 is 66.9 Å². The third-order valence-electron chi connectivity index (χ3n) is 4.44. The van der Waals surface area contributed by atoms with Gasteiger partial charge in [-0.05, 0) is 36.8 Å². The Morgan fingerprint density at radius 2 is 1.83 bits per heavy atom. The topological polar surface area (TPSA) is 62.2 Å². The van der Waals surface area contributed by atoms with Crippen LogP contribution < -0.4 is 4.90 Å². The first-order valence-electron chi connectivity index (χ1n) is 8.72. The van der Waals surface area contributed by atoms with Crippen molar-refractivity contribution in [2.75, 3.05) is 11.4 Å². The number of hydrogen-bond acceptors (Lipinski definition) is 4. The van der Waals surface area contributed by atoms with Gasteiger partial charge in [-0.3, -0.25) is 9.59 Å². The molecule has 0 spiro atoms. The Morgan fingerprint density at radius 1 is 1.21 bits per heavy atom. The van der Waals surface area contributed by atoms with Crippen LogP contribution in [0, 0.1) is 6.92 Å². The summed E-state index contributed by atoms with van der Waals surface area (Å²) in [6.45, 7) is 4.92. The Morgan fingerprint density at radius 3 is 2.38 bits per heavy atom. The zero-order valence-corrected chi connectivity index (χ0v) is 19.9. The fraction of sp³-hybridized carbons (Fsp3) is 0.250. The van der Waals surface area contributed by atoms with Crippen molar-refractivity contribution in [2.24, 2.45) is 5.10 Å². The predicted molar refractivity (Wildman–Crippen MR) is 120 cm³/mol. The fourth-order valence-electron chi connectivity index (χ4n) is 2.86. The first kappa shape index (κ1) is 21.8. The smallest absolute Gasteiger partial charge is 0.243 e. The van der Waals surface area contributed by atoms with Gasteiger partial charge in [-0.1, -0.05) is 55.6 Å². The molecule has 0 unspecified atom stereocenters. The lowest BCUT2D eigenvalue weighted by Gasteiger charge is -2.28. The number of anilines is 1. The summed E-state index contributed by atoms with van der Waals surface area (Å²) < 4.78 is 7.66. The highest BCUT2D eigenvalue weighted by Gasteiger charge is 2.35. The molecule has 0 radical (unpaired) electrons. The molecule has 0 aromatic heterocycles. The molecule has 2 amide bonds. The van der Waals surface area contributed by atoms with Crippen LogP contribution in [0.1, 0.15) is 25.0 Å². The zero-order chi connectivity index (χ0) is 21.3. The number of rotatable bonds is 4. The Kier molecular flexibility index (Phi) is 6.65. The summed E-state index contributed by atoms with van der Waals surface area (Å²) in [5.74, 6) is -0.247. The minimum absolute atomic E-state index is 0.105. The molecule has 1 atom stereocenters. The van der Waals surface area contributed by atoms with Gasteiger partial charge in [-0.25, -0.2) is 0 Å². The normalized spacial score (nSPS) is 15.7. The second-order valence-corrected chi connectivity index (χ2v) is 8.60. The summed E-state index contributed by atoms with van der Waals surface area (Å²) in [7, 11) is 0. The number of carbonyl (C=O) groups is 2. The summed E-state index contributed by atoms with van der Waals surface area (Å²) >= 11 is 13.3. The van der Waals surface area contributed by atoms with Crippen LogP contribution in [0.3, 0.4) is 0 Å². The second-order valence-electron chi connectivity index (χ2n) is 6.49.